The third kappa shape index (κ3) is 3.76. The fraction of sp³-hybridized carbons (Fsp3) is 0.667. The number of allylic oxidation sites excluding steroid dienone is 6. The average Bonchev–Trinajstić information content (AvgIpc) is 3.08. The molecule has 4 nitrogen and oxygen atoms in total. The minimum atomic E-state index is -0.297. The van der Waals surface area contributed by atoms with E-state index in [1.165, 1.54) is 11.1 Å². The van der Waals surface area contributed by atoms with Gasteiger partial charge in [0, 0.05) is 18.3 Å². The van der Waals surface area contributed by atoms with Crippen LogP contribution in [-0.2, 0) is 19.1 Å². The lowest BCUT2D eigenvalue weighted by Gasteiger charge is -2.52. The summed E-state index contributed by atoms with van der Waals surface area (Å²) in [4.78, 5) is 36.3. The Bertz CT molecular complexity index is 889. The van der Waals surface area contributed by atoms with E-state index in [2.05, 4.69) is 33.8 Å². The Hall–Kier alpha value is -1.97. The topological polar surface area (TPSA) is 60.4 Å². The average molecular weight is 425 g/mol. The van der Waals surface area contributed by atoms with Crippen molar-refractivity contribution in [1.29, 1.82) is 0 Å². The molecule has 0 saturated heterocycles. The number of ether oxygens (including phenoxy) is 1. The van der Waals surface area contributed by atoms with E-state index in [-0.39, 0.29) is 28.3 Å². The van der Waals surface area contributed by atoms with E-state index in [0.717, 1.165) is 56.8 Å². The zero-order valence-electron chi connectivity index (χ0n) is 19.5. The van der Waals surface area contributed by atoms with Gasteiger partial charge >= 0.3 is 5.97 Å². The molecule has 0 radical (unpaired) electrons. The van der Waals surface area contributed by atoms with Crippen molar-refractivity contribution in [2.45, 2.75) is 85.5 Å². The predicted octanol–water partition coefficient (Wildman–Crippen LogP) is 5.87. The number of rotatable bonds is 5. The lowest BCUT2D eigenvalue weighted by Crippen LogP contribution is -2.43. The van der Waals surface area contributed by atoms with Crippen LogP contribution in [-0.4, -0.2) is 18.0 Å². The number of aldehydes is 1. The summed E-state index contributed by atoms with van der Waals surface area (Å²) >= 11 is 0. The van der Waals surface area contributed by atoms with Gasteiger partial charge in [0.1, 0.15) is 0 Å². The van der Waals surface area contributed by atoms with Crippen LogP contribution in [0.15, 0.2) is 34.6 Å². The van der Waals surface area contributed by atoms with Crippen LogP contribution in [0.5, 0.6) is 0 Å². The third-order valence-electron chi connectivity index (χ3n) is 8.68. The van der Waals surface area contributed by atoms with Crippen molar-refractivity contribution in [2.75, 3.05) is 0 Å². The summed E-state index contributed by atoms with van der Waals surface area (Å²) < 4.78 is 5.61. The van der Waals surface area contributed by atoms with Crippen LogP contribution in [0.4, 0.5) is 0 Å². The van der Waals surface area contributed by atoms with E-state index >= 15 is 0 Å². The van der Waals surface area contributed by atoms with E-state index in [0.29, 0.717) is 30.6 Å². The van der Waals surface area contributed by atoms with Gasteiger partial charge in [0.2, 0.25) is 0 Å². The zero-order valence-corrected chi connectivity index (χ0v) is 19.5. The minimum Gasteiger partial charge on any atom is -0.423 e. The molecule has 4 rings (SSSR count). The SMILES string of the molecule is CC(C)CCC(=O)OC(C=O)=C1CC[C@H]2[C@@H]3CCC4=CC(=O)CC[C@]4(C)C3=CC[C@]12C. The Labute approximate surface area is 186 Å². The molecule has 4 heteroatoms. The number of esters is 1. The molecule has 2 fully saturated rings. The smallest absolute Gasteiger partial charge is 0.311 e. The summed E-state index contributed by atoms with van der Waals surface area (Å²) in [6.07, 6.45) is 12.5. The molecule has 0 aromatic carbocycles. The van der Waals surface area contributed by atoms with Crippen LogP contribution in [0.3, 0.4) is 0 Å². The van der Waals surface area contributed by atoms with Crippen molar-refractivity contribution >= 4 is 18.0 Å². The molecule has 0 spiro atoms. The second-order valence-electron chi connectivity index (χ2n) is 10.9. The van der Waals surface area contributed by atoms with Gasteiger partial charge in [-0.3, -0.25) is 14.4 Å². The highest BCUT2D eigenvalue weighted by atomic mass is 16.5. The minimum absolute atomic E-state index is 0.0153. The summed E-state index contributed by atoms with van der Waals surface area (Å²) in [5.41, 5.74) is 3.75. The monoisotopic (exact) mass is 424 g/mol. The molecular weight excluding hydrogens is 388 g/mol. The standard InChI is InChI=1S/C27H36O4/c1-17(2)5-10-25(30)31-24(16-28)23-9-8-21-20-7-6-18-15-19(29)11-13-26(18,3)22(20)12-14-27(21,23)4/h12,15-17,20-21H,5-11,13-14H2,1-4H3/t20-,21-,26-,27-/m0/s1. The Morgan fingerprint density at radius 3 is 2.71 bits per heavy atom. The van der Waals surface area contributed by atoms with Gasteiger partial charge < -0.3 is 4.74 Å². The van der Waals surface area contributed by atoms with Crippen molar-refractivity contribution < 1.29 is 19.1 Å². The Morgan fingerprint density at radius 2 is 2.00 bits per heavy atom. The largest absolute Gasteiger partial charge is 0.423 e. The van der Waals surface area contributed by atoms with Crippen LogP contribution >= 0.6 is 0 Å². The van der Waals surface area contributed by atoms with Gasteiger partial charge in [-0.1, -0.05) is 44.9 Å². The molecule has 0 amide bonds. The highest BCUT2D eigenvalue weighted by molar-refractivity contribution is 5.92. The molecule has 0 N–H and O–H groups in total. The van der Waals surface area contributed by atoms with Crippen LogP contribution in [0, 0.1) is 28.6 Å². The van der Waals surface area contributed by atoms with E-state index in [1.54, 1.807) is 0 Å². The second-order valence-corrected chi connectivity index (χ2v) is 10.9. The van der Waals surface area contributed by atoms with E-state index in [4.69, 9.17) is 4.74 Å². The molecule has 0 bridgehead atoms. The first-order chi connectivity index (χ1) is 14.7. The summed E-state index contributed by atoms with van der Waals surface area (Å²) in [7, 11) is 0. The fourth-order valence-corrected chi connectivity index (χ4v) is 6.82. The fourth-order valence-electron chi connectivity index (χ4n) is 6.82. The third-order valence-corrected chi connectivity index (χ3v) is 8.68. The van der Waals surface area contributed by atoms with Gasteiger partial charge in [-0.2, -0.15) is 0 Å². The van der Waals surface area contributed by atoms with Gasteiger partial charge in [0.05, 0.1) is 0 Å². The van der Waals surface area contributed by atoms with Gasteiger partial charge in [0.25, 0.3) is 0 Å². The summed E-state index contributed by atoms with van der Waals surface area (Å²) in [5, 5.41) is 0. The van der Waals surface area contributed by atoms with E-state index < -0.39 is 0 Å². The normalized spacial score (nSPS) is 36.1. The van der Waals surface area contributed by atoms with Crippen LogP contribution in [0.25, 0.3) is 0 Å². The first-order valence-corrected chi connectivity index (χ1v) is 12.0. The number of hydrogen-bond donors (Lipinski definition) is 0. The molecule has 31 heavy (non-hydrogen) atoms. The van der Waals surface area contributed by atoms with Crippen LogP contribution < -0.4 is 0 Å². The molecule has 0 unspecified atom stereocenters. The number of carbonyl (C=O) groups is 3. The molecule has 168 valence electrons. The first-order valence-electron chi connectivity index (χ1n) is 12.0. The van der Waals surface area contributed by atoms with Gasteiger partial charge in [-0.15, -0.1) is 0 Å². The maximum Gasteiger partial charge on any atom is 0.311 e. The highest BCUT2D eigenvalue weighted by Crippen LogP contribution is 2.64. The first kappa shape index (κ1) is 22.2. The Balaban J connectivity index is 1.62. The molecule has 0 aromatic rings. The van der Waals surface area contributed by atoms with Crippen LogP contribution in [0.1, 0.15) is 85.5 Å². The summed E-state index contributed by atoms with van der Waals surface area (Å²) in [5.74, 6) is 1.61. The van der Waals surface area contributed by atoms with Crippen molar-refractivity contribution in [1.82, 2.24) is 0 Å². The van der Waals surface area contributed by atoms with Crippen molar-refractivity contribution in [2.24, 2.45) is 28.6 Å². The van der Waals surface area contributed by atoms with E-state index in [1.807, 2.05) is 6.08 Å². The lowest BCUT2D eigenvalue weighted by molar-refractivity contribution is -0.141. The molecule has 0 aliphatic heterocycles. The Morgan fingerprint density at radius 1 is 1.23 bits per heavy atom. The highest BCUT2D eigenvalue weighted by Gasteiger charge is 2.55. The maximum atomic E-state index is 12.3. The van der Waals surface area contributed by atoms with Gasteiger partial charge in [-0.25, -0.2) is 0 Å². The molecule has 4 aliphatic carbocycles. The lowest BCUT2D eigenvalue weighted by atomic mass is 9.51. The molecule has 4 atom stereocenters. The molecule has 2 saturated carbocycles. The number of carbonyl (C=O) groups excluding carboxylic acids is 3. The summed E-state index contributed by atoms with van der Waals surface area (Å²) in [6.45, 7) is 8.74. The molecule has 4 aliphatic rings. The van der Waals surface area contributed by atoms with Crippen LogP contribution in [0.2, 0.25) is 0 Å². The molecular formula is C27H36O4. The predicted molar refractivity (Wildman–Crippen MR) is 120 cm³/mol. The van der Waals surface area contributed by atoms with E-state index in [9.17, 15) is 14.4 Å². The van der Waals surface area contributed by atoms with Gasteiger partial charge in [-0.05, 0) is 79.8 Å². The molecule has 0 aromatic heterocycles. The number of fused-ring (bicyclic) bond motifs is 5. The zero-order chi connectivity index (χ0) is 22.4. The quantitative estimate of drug-likeness (QED) is 0.182. The number of hydrogen-bond acceptors (Lipinski definition) is 4. The van der Waals surface area contributed by atoms with Crippen molar-refractivity contribution in [3.63, 3.8) is 0 Å². The number of ketones is 1. The van der Waals surface area contributed by atoms with Crippen molar-refractivity contribution in [3.8, 4) is 0 Å². The summed E-state index contributed by atoms with van der Waals surface area (Å²) in [6, 6.07) is 0. The Kier molecular flexibility index (Phi) is 5.87. The second kappa shape index (κ2) is 8.18. The maximum absolute atomic E-state index is 12.3. The van der Waals surface area contributed by atoms with Crippen molar-refractivity contribution in [3.05, 3.63) is 34.6 Å². The molecule has 0 heterocycles. The van der Waals surface area contributed by atoms with Gasteiger partial charge in [0.15, 0.2) is 17.8 Å².